The highest BCUT2D eigenvalue weighted by atomic mass is 32.1. The third-order valence-electron chi connectivity index (χ3n) is 3.88. The van der Waals surface area contributed by atoms with Crippen molar-refractivity contribution in [3.63, 3.8) is 0 Å². The second kappa shape index (κ2) is 6.30. The quantitative estimate of drug-likeness (QED) is 0.511. The van der Waals surface area contributed by atoms with Crippen molar-refractivity contribution in [3.8, 4) is 38.0 Å². The van der Waals surface area contributed by atoms with E-state index >= 15 is 0 Å². The minimum absolute atomic E-state index is 0.0911. The first-order chi connectivity index (χ1) is 11.8. The van der Waals surface area contributed by atoms with Crippen molar-refractivity contribution in [2.45, 2.75) is 0 Å². The highest BCUT2D eigenvalue weighted by Gasteiger charge is 2.13. The maximum atomic E-state index is 10.2. The molecule has 0 spiro atoms. The summed E-state index contributed by atoms with van der Waals surface area (Å²) in [6.45, 7) is 0. The Labute approximate surface area is 144 Å². The lowest BCUT2D eigenvalue weighted by atomic mass is 10.0. The van der Waals surface area contributed by atoms with Gasteiger partial charge in [0.2, 0.25) is 5.88 Å². The molecule has 0 aliphatic heterocycles. The molecule has 0 amide bonds. The van der Waals surface area contributed by atoms with Crippen molar-refractivity contribution in [2.24, 2.45) is 0 Å². The van der Waals surface area contributed by atoms with Gasteiger partial charge in [-0.1, -0.05) is 84.9 Å². The number of thiazole rings is 1. The average molecular weight is 329 g/mol. The van der Waals surface area contributed by atoms with Gasteiger partial charge in [0, 0.05) is 5.56 Å². The summed E-state index contributed by atoms with van der Waals surface area (Å²) in [4.78, 5) is 5.14. The Kier molecular flexibility index (Phi) is 3.85. The Morgan fingerprint density at radius 1 is 0.583 bits per heavy atom. The molecule has 24 heavy (non-hydrogen) atoms. The van der Waals surface area contributed by atoms with Crippen LogP contribution in [0, 0.1) is 0 Å². The summed E-state index contributed by atoms with van der Waals surface area (Å²) >= 11 is 1.51. The van der Waals surface area contributed by atoms with E-state index in [1.165, 1.54) is 22.5 Å². The van der Waals surface area contributed by atoms with Gasteiger partial charge in [0.15, 0.2) is 0 Å². The van der Waals surface area contributed by atoms with Gasteiger partial charge in [-0.15, -0.1) is 11.3 Å². The van der Waals surface area contributed by atoms with Crippen LogP contribution in [0.25, 0.3) is 32.1 Å². The van der Waals surface area contributed by atoms with E-state index in [-0.39, 0.29) is 5.88 Å². The van der Waals surface area contributed by atoms with Crippen LogP contribution in [-0.2, 0) is 0 Å². The molecule has 2 nitrogen and oxygen atoms in total. The molecule has 4 rings (SSSR count). The van der Waals surface area contributed by atoms with Crippen molar-refractivity contribution in [3.05, 3.63) is 84.9 Å². The van der Waals surface area contributed by atoms with E-state index < -0.39 is 0 Å². The fourth-order valence-electron chi connectivity index (χ4n) is 2.65. The molecule has 0 aliphatic rings. The van der Waals surface area contributed by atoms with E-state index in [4.69, 9.17) is 0 Å². The largest absolute Gasteiger partial charge is 0.492 e. The fraction of sp³-hybridized carbons (Fsp3) is 0. The summed E-state index contributed by atoms with van der Waals surface area (Å²) in [6, 6.07) is 28.4. The van der Waals surface area contributed by atoms with Crippen molar-refractivity contribution >= 4 is 11.3 Å². The van der Waals surface area contributed by atoms with Crippen LogP contribution in [0.15, 0.2) is 84.9 Å². The lowest BCUT2D eigenvalue weighted by Gasteiger charge is -2.02. The Bertz CT molecular complexity index is 944. The number of aromatic hydroxyl groups is 1. The Balaban J connectivity index is 1.68. The van der Waals surface area contributed by atoms with E-state index in [9.17, 15) is 5.11 Å². The molecule has 0 unspecified atom stereocenters. The van der Waals surface area contributed by atoms with Gasteiger partial charge in [-0.05, 0) is 16.7 Å². The number of hydrogen-bond acceptors (Lipinski definition) is 3. The summed E-state index contributed by atoms with van der Waals surface area (Å²) in [5.41, 5.74) is 4.36. The van der Waals surface area contributed by atoms with E-state index in [2.05, 4.69) is 41.4 Å². The first kappa shape index (κ1) is 14.7. The van der Waals surface area contributed by atoms with Crippen LogP contribution in [0.2, 0.25) is 0 Å². The van der Waals surface area contributed by atoms with Crippen LogP contribution in [0.3, 0.4) is 0 Å². The van der Waals surface area contributed by atoms with E-state index in [0.29, 0.717) is 0 Å². The van der Waals surface area contributed by atoms with Crippen LogP contribution in [-0.4, -0.2) is 10.1 Å². The van der Waals surface area contributed by atoms with Gasteiger partial charge in [0.1, 0.15) is 5.01 Å². The number of rotatable bonds is 3. The maximum Gasteiger partial charge on any atom is 0.230 e. The van der Waals surface area contributed by atoms with Crippen molar-refractivity contribution < 1.29 is 5.11 Å². The standard InChI is InChI=1S/C21H15NOS/c23-20-19(17-9-5-2-6-10-17)24-21(22-20)18-13-11-16(12-14-18)15-7-3-1-4-8-15/h1-14,23H. The monoisotopic (exact) mass is 329 g/mol. The Morgan fingerprint density at radius 2 is 1.08 bits per heavy atom. The minimum atomic E-state index is 0.0911. The van der Waals surface area contributed by atoms with Gasteiger partial charge in [0.25, 0.3) is 0 Å². The topological polar surface area (TPSA) is 33.1 Å². The third-order valence-corrected chi connectivity index (χ3v) is 5.03. The third kappa shape index (κ3) is 2.82. The number of nitrogens with zero attached hydrogens (tertiary/aromatic N) is 1. The number of hydrogen-bond donors (Lipinski definition) is 1. The SMILES string of the molecule is Oc1nc(-c2ccc(-c3ccccc3)cc2)sc1-c1ccccc1. The summed E-state index contributed by atoms with van der Waals surface area (Å²) in [5, 5.41) is 11.0. The van der Waals surface area contributed by atoms with Gasteiger partial charge in [0.05, 0.1) is 4.88 Å². The molecule has 3 heteroatoms. The summed E-state index contributed by atoms with van der Waals surface area (Å²) in [7, 11) is 0. The van der Waals surface area contributed by atoms with Gasteiger partial charge < -0.3 is 5.11 Å². The molecular weight excluding hydrogens is 314 g/mol. The molecule has 0 fully saturated rings. The summed E-state index contributed by atoms with van der Waals surface area (Å²) in [6.07, 6.45) is 0. The zero-order valence-electron chi connectivity index (χ0n) is 12.9. The molecule has 1 heterocycles. The van der Waals surface area contributed by atoms with Crippen LogP contribution in [0.4, 0.5) is 0 Å². The lowest BCUT2D eigenvalue weighted by Crippen LogP contribution is -1.79. The number of aromatic nitrogens is 1. The Hall–Kier alpha value is -2.91. The molecule has 4 aromatic rings. The molecule has 3 aromatic carbocycles. The molecule has 0 bridgehead atoms. The fourth-order valence-corrected chi connectivity index (χ4v) is 3.62. The van der Waals surface area contributed by atoms with Crippen molar-refractivity contribution in [1.29, 1.82) is 0 Å². The molecule has 1 aromatic heterocycles. The average Bonchev–Trinajstić information content (AvgIpc) is 3.05. The molecule has 0 saturated carbocycles. The summed E-state index contributed by atoms with van der Waals surface area (Å²) in [5.74, 6) is 0.0911. The zero-order valence-corrected chi connectivity index (χ0v) is 13.7. The second-order valence-corrected chi connectivity index (χ2v) is 6.48. The Morgan fingerprint density at radius 3 is 1.71 bits per heavy atom. The first-order valence-electron chi connectivity index (χ1n) is 7.72. The summed E-state index contributed by atoms with van der Waals surface area (Å²) < 4.78 is 0. The molecule has 1 N–H and O–H groups in total. The maximum absolute atomic E-state index is 10.2. The van der Waals surface area contributed by atoms with Crippen molar-refractivity contribution in [2.75, 3.05) is 0 Å². The van der Waals surface area contributed by atoms with Crippen molar-refractivity contribution in [1.82, 2.24) is 4.98 Å². The predicted molar refractivity (Wildman–Crippen MR) is 100 cm³/mol. The zero-order chi connectivity index (χ0) is 16.4. The van der Waals surface area contributed by atoms with Crippen LogP contribution in [0.5, 0.6) is 5.88 Å². The molecule has 0 aliphatic carbocycles. The second-order valence-electron chi connectivity index (χ2n) is 5.48. The van der Waals surface area contributed by atoms with Crippen LogP contribution < -0.4 is 0 Å². The van der Waals surface area contributed by atoms with E-state index in [0.717, 1.165) is 21.0 Å². The van der Waals surface area contributed by atoms with Crippen LogP contribution >= 0.6 is 11.3 Å². The molecular formula is C21H15NOS. The van der Waals surface area contributed by atoms with Crippen LogP contribution in [0.1, 0.15) is 0 Å². The van der Waals surface area contributed by atoms with E-state index in [1.54, 1.807) is 0 Å². The van der Waals surface area contributed by atoms with Gasteiger partial charge >= 0.3 is 0 Å². The highest BCUT2D eigenvalue weighted by molar-refractivity contribution is 7.18. The van der Waals surface area contributed by atoms with Gasteiger partial charge in [-0.25, -0.2) is 4.98 Å². The normalized spacial score (nSPS) is 10.7. The van der Waals surface area contributed by atoms with Gasteiger partial charge in [-0.3, -0.25) is 0 Å². The van der Waals surface area contributed by atoms with E-state index in [1.807, 2.05) is 48.5 Å². The minimum Gasteiger partial charge on any atom is -0.492 e. The van der Waals surface area contributed by atoms with Gasteiger partial charge in [-0.2, -0.15) is 0 Å². The predicted octanol–water partition coefficient (Wildman–Crippen LogP) is 5.85. The molecule has 0 saturated heterocycles. The molecule has 116 valence electrons. The molecule has 0 atom stereocenters. The lowest BCUT2D eigenvalue weighted by molar-refractivity contribution is 0.459. The highest BCUT2D eigenvalue weighted by Crippen LogP contribution is 2.39. The molecule has 0 radical (unpaired) electrons. The smallest absolute Gasteiger partial charge is 0.230 e. The number of benzene rings is 3. The first-order valence-corrected chi connectivity index (χ1v) is 8.54.